The maximum Gasteiger partial charge on any atom is 0.220 e. The summed E-state index contributed by atoms with van der Waals surface area (Å²) in [5, 5.41) is 3.77. The van der Waals surface area contributed by atoms with Gasteiger partial charge in [-0.3, -0.25) is 4.79 Å². The van der Waals surface area contributed by atoms with Crippen LogP contribution >= 0.6 is 15.9 Å². The highest BCUT2D eigenvalue weighted by Gasteiger charge is 2.00. The molecule has 1 N–H and O–H groups in total. The SMILES string of the molecule is O=C(CCCCBr)NCCc1cccc(F)c1. The number of unbranched alkanes of at least 4 members (excludes halogenated alkanes) is 1. The molecular weight excluding hydrogens is 285 g/mol. The second kappa shape index (κ2) is 8.23. The van der Waals surface area contributed by atoms with Crippen molar-refractivity contribution in [3.05, 3.63) is 35.6 Å². The second-order valence-electron chi connectivity index (χ2n) is 3.88. The van der Waals surface area contributed by atoms with E-state index in [0.717, 1.165) is 23.7 Å². The number of carbonyl (C=O) groups excluding carboxylic acids is 1. The molecule has 0 aliphatic carbocycles. The van der Waals surface area contributed by atoms with Gasteiger partial charge in [0.1, 0.15) is 5.82 Å². The number of rotatable bonds is 7. The Morgan fingerprint density at radius 3 is 2.88 bits per heavy atom. The molecule has 1 aromatic rings. The molecule has 94 valence electrons. The van der Waals surface area contributed by atoms with Gasteiger partial charge in [0.05, 0.1) is 0 Å². The molecular formula is C13H17BrFNO. The Labute approximate surface area is 110 Å². The summed E-state index contributed by atoms with van der Waals surface area (Å²) < 4.78 is 12.9. The Balaban J connectivity index is 2.17. The Morgan fingerprint density at radius 1 is 1.35 bits per heavy atom. The summed E-state index contributed by atoms with van der Waals surface area (Å²) in [6, 6.07) is 6.46. The van der Waals surface area contributed by atoms with Gasteiger partial charge in [-0.05, 0) is 37.0 Å². The fourth-order valence-corrected chi connectivity index (χ4v) is 1.90. The normalized spacial score (nSPS) is 10.2. The van der Waals surface area contributed by atoms with Crippen molar-refractivity contribution in [2.24, 2.45) is 0 Å². The highest BCUT2D eigenvalue weighted by Crippen LogP contribution is 2.03. The van der Waals surface area contributed by atoms with Gasteiger partial charge in [-0.2, -0.15) is 0 Å². The Bertz CT molecular complexity index is 357. The first-order valence-electron chi connectivity index (χ1n) is 5.79. The molecule has 1 amide bonds. The average Bonchev–Trinajstić information content (AvgIpc) is 2.29. The van der Waals surface area contributed by atoms with Crippen molar-refractivity contribution < 1.29 is 9.18 Å². The summed E-state index contributed by atoms with van der Waals surface area (Å²) >= 11 is 3.32. The van der Waals surface area contributed by atoms with Crippen LogP contribution in [0.5, 0.6) is 0 Å². The predicted octanol–water partition coefficient (Wildman–Crippen LogP) is 3.05. The molecule has 0 heterocycles. The van der Waals surface area contributed by atoms with Crippen molar-refractivity contribution in [2.45, 2.75) is 25.7 Å². The minimum absolute atomic E-state index is 0.0716. The van der Waals surface area contributed by atoms with E-state index in [1.54, 1.807) is 6.07 Å². The van der Waals surface area contributed by atoms with E-state index in [4.69, 9.17) is 0 Å². The third kappa shape index (κ3) is 6.41. The standard InChI is InChI=1S/C13H17BrFNO/c14-8-2-1-6-13(17)16-9-7-11-4-3-5-12(15)10-11/h3-5,10H,1-2,6-9H2,(H,16,17). The number of hydrogen-bond donors (Lipinski definition) is 1. The van der Waals surface area contributed by atoms with Crippen LogP contribution in [-0.4, -0.2) is 17.8 Å². The summed E-state index contributed by atoms with van der Waals surface area (Å²) in [5.41, 5.74) is 0.908. The number of nitrogens with one attached hydrogen (secondary N) is 1. The van der Waals surface area contributed by atoms with Crippen molar-refractivity contribution in [2.75, 3.05) is 11.9 Å². The topological polar surface area (TPSA) is 29.1 Å². The van der Waals surface area contributed by atoms with Crippen molar-refractivity contribution >= 4 is 21.8 Å². The monoisotopic (exact) mass is 301 g/mol. The summed E-state index contributed by atoms with van der Waals surface area (Å²) in [5.74, 6) is -0.159. The molecule has 1 rings (SSSR count). The van der Waals surface area contributed by atoms with Crippen LogP contribution in [0.4, 0.5) is 4.39 Å². The van der Waals surface area contributed by atoms with Gasteiger partial charge in [0.2, 0.25) is 5.91 Å². The first kappa shape index (κ1) is 14.2. The number of alkyl halides is 1. The lowest BCUT2D eigenvalue weighted by molar-refractivity contribution is -0.121. The number of hydrogen-bond acceptors (Lipinski definition) is 1. The van der Waals surface area contributed by atoms with Crippen LogP contribution in [0, 0.1) is 5.82 Å². The fraction of sp³-hybridized carbons (Fsp3) is 0.462. The van der Waals surface area contributed by atoms with Crippen molar-refractivity contribution in [3.63, 3.8) is 0 Å². The van der Waals surface area contributed by atoms with Crippen LogP contribution in [0.2, 0.25) is 0 Å². The van der Waals surface area contributed by atoms with Crippen LogP contribution in [0.25, 0.3) is 0 Å². The summed E-state index contributed by atoms with van der Waals surface area (Å²) in [4.78, 5) is 11.4. The van der Waals surface area contributed by atoms with E-state index in [1.165, 1.54) is 12.1 Å². The van der Waals surface area contributed by atoms with Gasteiger partial charge in [-0.1, -0.05) is 28.1 Å². The molecule has 2 nitrogen and oxygen atoms in total. The Morgan fingerprint density at radius 2 is 2.18 bits per heavy atom. The predicted molar refractivity (Wildman–Crippen MR) is 70.8 cm³/mol. The first-order chi connectivity index (χ1) is 8.22. The minimum Gasteiger partial charge on any atom is -0.356 e. The number of halogens is 2. The third-order valence-corrected chi connectivity index (χ3v) is 2.97. The van der Waals surface area contributed by atoms with E-state index in [9.17, 15) is 9.18 Å². The molecule has 0 aliphatic rings. The van der Waals surface area contributed by atoms with Gasteiger partial charge in [-0.15, -0.1) is 0 Å². The molecule has 0 aliphatic heterocycles. The number of amides is 1. The molecule has 0 saturated carbocycles. The maximum absolute atomic E-state index is 12.9. The molecule has 0 bridgehead atoms. The van der Waals surface area contributed by atoms with E-state index in [0.29, 0.717) is 19.4 Å². The van der Waals surface area contributed by atoms with E-state index < -0.39 is 0 Å². The molecule has 0 saturated heterocycles. The van der Waals surface area contributed by atoms with Gasteiger partial charge in [0.15, 0.2) is 0 Å². The quantitative estimate of drug-likeness (QED) is 0.609. The summed E-state index contributed by atoms with van der Waals surface area (Å²) in [6.45, 7) is 0.566. The van der Waals surface area contributed by atoms with Crippen molar-refractivity contribution in [3.8, 4) is 0 Å². The molecule has 0 unspecified atom stereocenters. The Hall–Kier alpha value is -0.900. The molecule has 1 aromatic carbocycles. The first-order valence-corrected chi connectivity index (χ1v) is 6.91. The van der Waals surface area contributed by atoms with Crippen LogP contribution in [0.15, 0.2) is 24.3 Å². The van der Waals surface area contributed by atoms with Gasteiger partial charge in [0.25, 0.3) is 0 Å². The van der Waals surface area contributed by atoms with Gasteiger partial charge in [0, 0.05) is 18.3 Å². The smallest absolute Gasteiger partial charge is 0.220 e. The second-order valence-corrected chi connectivity index (χ2v) is 4.67. The third-order valence-electron chi connectivity index (χ3n) is 2.41. The van der Waals surface area contributed by atoms with E-state index in [1.807, 2.05) is 6.07 Å². The highest BCUT2D eigenvalue weighted by molar-refractivity contribution is 9.09. The molecule has 0 atom stereocenters. The largest absolute Gasteiger partial charge is 0.356 e. The number of benzene rings is 1. The lowest BCUT2D eigenvalue weighted by Crippen LogP contribution is -2.25. The van der Waals surface area contributed by atoms with E-state index >= 15 is 0 Å². The molecule has 0 aromatic heterocycles. The molecule has 0 radical (unpaired) electrons. The molecule has 4 heteroatoms. The zero-order valence-electron chi connectivity index (χ0n) is 9.72. The maximum atomic E-state index is 12.9. The lowest BCUT2D eigenvalue weighted by atomic mass is 10.1. The Kier molecular flexibility index (Phi) is 6.86. The molecule has 0 spiro atoms. The summed E-state index contributed by atoms with van der Waals surface area (Å²) in [7, 11) is 0. The lowest BCUT2D eigenvalue weighted by Gasteiger charge is -2.05. The zero-order chi connectivity index (χ0) is 12.5. The minimum atomic E-state index is -0.230. The van der Waals surface area contributed by atoms with Gasteiger partial charge >= 0.3 is 0 Å². The van der Waals surface area contributed by atoms with Crippen molar-refractivity contribution in [1.82, 2.24) is 5.32 Å². The van der Waals surface area contributed by atoms with Gasteiger partial charge < -0.3 is 5.32 Å². The highest BCUT2D eigenvalue weighted by atomic mass is 79.9. The summed E-state index contributed by atoms with van der Waals surface area (Å²) in [6.07, 6.45) is 3.14. The van der Waals surface area contributed by atoms with Crippen molar-refractivity contribution in [1.29, 1.82) is 0 Å². The average molecular weight is 302 g/mol. The van der Waals surface area contributed by atoms with Crippen LogP contribution < -0.4 is 5.32 Å². The molecule has 17 heavy (non-hydrogen) atoms. The van der Waals surface area contributed by atoms with Crippen LogP contribution in [0.1, 0.15) is 24.8 Å². The number of carbonyl (C=O) groups is 1. The van der Waals surface area contributed by atoms with Gasteiger partial charge in [-0.25, -0.2) is 4.39 Å². The van der Waals surface area contributed by atoms with E-state index in [2.05, 4.69) is 21.2 Å². The van der Waals surface area contributed by atoms with E-state index in [-0.39, 0.29) is 11.7 Å². The molecule has 0 fully saturated rings. The van der Waals surface area contributed by atoms with Crippen LogP contribution in [0.3, 0.4) is 0 Å². The zero-order valence-corrected chi connectivity index (χ0v) is 11.3. The van der Waals surface area contributed by atoms with Crippen LogP contribution in [-0.2, 0) is 11.2 Å². The fourth-order valence-electron chi connectivity index (χ4n) is 1.51.